The summed E-state index contributed by atoms with van der Waals surface area (Å²) in [5.74, 6) is 0.713. The molecule has 34 heavy (non-hydrogen) atoms. The lowest BCUT2D eigenvalue weighted by atomic mass is 9.43. The molecule has 0 unspecified atom stereocenters. The Morgan fingerprint density at radius 2 is 1.41 bits per heavy atom. The Kier molecular flexibility index (Phi) is 4.08. The van der Waals surface area contributed by atoms with E-state index >= 15 is 0 Å². The number of fused-ring (bicyclic) bond motifs is 4. The second kappa shape index (κ2) is 6.65. The van der Waals surface area contributed by atoms with Crippen molar-refractivity contribution < 1.29 is 14.6 Å². The van der Waals surface area contributed by atoms with Crippen LogP contribution in [0.25, 0.3) is 0 Å². The Bertz CT molecular complexity index is 1330. The van der Waals surface area contributed by atoms with Crippen molar-refractivity contribution in [3.05, 3.63) is 110 Å². The molecule has 0 aromatic heterocycles. The minimum absolute atomic E-state index is 0.00541. The van der Waals surface area contributed by atoms with E-state index < -0.39 is 9.85 Å². The molecule has 0 bridgehead atoms. The van der Waals surface area contributed by atoms with Crippen LogP contribution in [0.3, 0.4) is 0 Å². The molecule has 0 heterocycles. The van der Waals surface area contributed by atoms with E-state index in [2.05, 4.69) is 62.4 Å². The molecule has 0 spiro atoms. The summed E-state index contributed by atoms with van der Waals surface area (Å²) in [6.07, 6.45) is 0.607. The molecule has 3 aromatic carbocycles. The third kappa shape index (κ3) is 2.18. The van der Waals surface area contributed by atoms with E-state index in [-0.39, 0.29) is 45.4 Å². The summed E-state index contributed by atoms with van der Waals surface area (Å²) in [5.41, 5.74) is 1.77. The average molecular weight is 456 g/mol. The molecule has 5 atom stereocenters. The number of benzene rings is 3. The summed E-state index contributed by atoms with van der Waals surface area (Å²) in [4.78, 5) is 21.5. The zero-order valence-corrected chi connectivity index (χ0v) is 18.9. The van der Waals surface area contributed by atoms with Crippen molar-refractivity contribution in [2.75, 3.05) is 0 Å². The molecule has 3 aliphatic rings. The molecule has 0 radical (unpaired) electrons. The third-order valence-electron chi connectivity index (χ3n) is 8.99. The number of nitro groups is 2. The van der Waals surface area contributed by atoms with Crippen molar-refractivity contribution in [3.8, 4) is 5.75 Å². The number of ether oxygens (including phenoxy) is 1. The Labute approximate surface area is 196 Å². The largest absolute Gasteiger partial charge is 0.483 e. The predicted molar refractivity (Wildman–Crippen MR) is 126 cm³/mol. The van der Waals surface area contributed by atoms with Gasteiger partial charge in [-0.2, -0.15) is 0 Å². The van der Waals surface area contributed by atoms with Crippen LogP contribution in [0.15, 0.2) is 78.9 Å². The normalized spacial score (nSPS) is 31.8. The first-order valence-corrected chi connectivity index (χ1v) is 11.5. The molecular weight excluding hydrogens is 432 g/mol. The van der Waals surface area contributed by atoms with Crippen LogP contribution in [-0.2, 0) is 10.8 Å². The van der Waals surface area contributed by atoms with Gasteiger partial charge in [-0.05, 0) is 34.9 Å². The summed E-state index contributed by atoms with van der Waals surface area (Å²) in [6.45, 7) is 4.66. The minimum Gasteiger partial charge on any atom is -0.483 e. The summed E-state index contributed by atoms with van der Waals surface area (Å²) >= 11 is 0. The van der Waals surface area contributed by atoms with E-state index in [0.717, 1.165) is 12.5 Å². The molecule has 3 fully saturated rings. The lowest BCUT2D eigenvalue weighted by Crippen LogP contribution is -2.66. The molecule has 3 aromatic rings. The van der Waals surface area contributed by atoms with Crippen molar-refractivity contribution in [2.45, 2.75) is 37.2 Å². The maximum Gasteiger partial charge on any atom is 0.317 e. The van der Waals surface area contributed by atoms with Crippen LogP contribution in [0.2, 0.25) is 0 Å². The fourth-order valence-corrected chi connectivity index (χ4v) is 8.05. The third-order valence-corrected chi connectivity index (χ3v) is 8.99. The molecule has 7 nitrogen and oxygen atoms in total. The molecule has 0 aliphatic heterocycles. The van der Waals surface area contributed by atoms with Crippen molar-refractivity contribution in [1.29, 1.82) is 0 Å². The van der Waals surface area contributed by atoms with E-state index in [1.807, 2.05) is 12.1 Å². The Hall–Kier alpha value is -3.74. The molecule has 0 N–H and O–H groups in total. The first kappa shape index (κ1) is 20.8. The average Bonchev–Trinajstić information content (AvgIpc) is 3.21. The van der Waals surface area contributed by atoms with Gasteiger partial charge in [0, 0.05) is 22.8 Å². The standard InChI is InChI=1S/C27H24N2O5/c1-25(2)26(17-9-5-3-6-10-17)20-16-23(24(20)27(25,26)18-11-7-4-8-12-18)34-22-14-13-19(28(30)31)15-21(22)29(32)33/h3-15,20,23-24H,16H2,1-2H3/t20-,23+,24-,26+,27-/m1/s1. The molecule has 0 saturated heterocycles. The smallest absolute Gasteiger partial charge is 0.317 e. The van der Waals surface area contributed by atoms with Crippen LogP contribution in [0.5, 0.6) is 5.75 Å². The van der Waals surface area contributed by atoms with Gasteiger partial charge in [-0.1, -0.05) is 74.5 Å². The molecular formula is C27H24N2O5. The number of nitro benzene ring substituents is 2. The summed E-state index contributed by atoms with van der Waals surface area (Å²) in [7, 11) is 0. The lowest BCUT2D eigenvalue weighted by Gasteiger charge is -2.62. The van der Waals surface area contributed by atoms with Gasteiger partial charge in [-0.25, -0.2) is 0 Å². The zero-order chi connectivity index (χ0) is 23.9. The Morgan fingerprint density at radius 3 is 1.97 bits per heavy atom. The maximum atomic E-state index is 11.6. The van der Waals surface area contributed by atoms with Gasteiger partial charge in [0.2, 0.25) is 0 Å². The van der Waals surface area contributed by atoms with Crippen molar-refractivity contribution in [1.82, 2.24) is 0 Å². The van der Waals surface area contributed by atoms with Crippen LogP contribution in [0.4, 0.5) is 11.4 Å². The van der Waals surface area contributed by atoms with Crippen LogP contribution >= 0.6 is 0 Å². The van der Waals surface area contributed by atoms with Crippen molar-refractivity contribution >= 4 is 11.4 Å². The quantitative estimate of drug-likeness (QED) is 0.344. The van der Waals surface area contributed by atoms with Crippen molar-refractivity contribution in [3.63, 3.8) is 0 Å². The van der Waals surface area contributed by atoms with Crippen LogP contribution < -0.4 is 4.74 Å². The molecule has 6 rings (SSSR count). The summed E-state index contributed by atoms with van der Waals surface area (Å²) in [6, 6.07) is 24.8. The highest BCUT2D eigenvalue weighted by Crippen LogP contribution is 2.96. The van der Waals surface area contributed by atoms with E-state index in [4.69, 9.17) is 4.74 Å². The van der Waals surface area contributed by atoms with Gasteiger partial charge in [0.15, 0.2) is 5.75 Å². The molecule has 172 valence electrons. The van der Waals surface area contributed by atoms with Crippen LogP contribution in [0, 0.1) is 37.5 Å². The minimum atomic E-state index is -0.632. The maximum absolute atomic E-state index is 11.6. The van der Waals surface area contributed by atoms with Gasteiger partial charge in [0.25, 0.3) is 5.69 Å². The van der Waals surface area contributed by atoms with E-state index in [9.17, 15) is 20.2 Å². The first-order valence-electron chi connectivity index (χ1n) is 11.5. The topological polar surface area (TPSA) is 95.5 Å². The highest BCUT2D eigenvalue weighted by molar-refractivity contribution is 5.66. The number of nitrogens with zero attached hydrogens (tertiary/aromatic N) is 2. The fourth-order valence-electron chi connectivity index (χ4n) is 8.05. The zero-order valence-electron chi connectivity index (χ0n) is 18.9. The van der Waals surface area contributed by atoms with Gasteiger partial charge in [0.1, 0.15) is 6.10 Å². The number of non-ortho nitro benzene ring substituents is 1. The first-order chi connectivity index (χ1) is 16.3. The van der Waals surface area contributed by atoms with Crippen molar-refractivity contribution in [2.24, 2.45) is 17.3 Å². The second-order valence-electron chi connectivity index (χ2n) is 10.2. The number of hydrogen-bond acceptors (Lipinski definition) is 5. The van der Waals surface area contributed by atoms with Crippen LogP contribution in [-0.4, -0.2) is 16.0 Å². The molecule has 7 heteroatoms. The van der Waals surface area contributed by atoms with Crippen LogP contribution in [0.1, 0.15) is 31.4 Å². The SMILES string of the molecule is CC1(C)[C@]2(c3ccccc3)[C@@H]3C[C@H](Oc4ccc([N+](=O)[O-])cc4[N+](=O)[O-])[C@@H]3[C@]12c1ccccc1. The van der Waals surface area contributed by atoms with E-state index in [1.165, 1.54) is 23.3 Å². The second-order valence-corrected chi connectivity index (χ2v) is 10.2. The molecule has 3 saturated carbocycles. The number of rotatable bonds is 6. The highest BCUT2D eigenvalue weighted by Gasteiger charge is 2.99. The van der Waals surface area contributed by atoms with Gasteiger partial charge in [-0.3, -0.25) is 20.2 Å². The Morgan fingerprint density at radius 1 is 0.824 bits per heavy atom. The van der Waals surface area contributed by atoms with Gasteiger partial charge < -0.3 is 4.74 Å². The highest BCUT2D eigenvalue weighted by atomic mass is 16.6. The number of hydrogen-bond donors (Lipinski definition) is 0. The summed E-state index contributed by atoms with van der Waals surface area (Å²) < 4.78 is 6.26. The fraction of sp³-hybridized carbons (Fsp3) is 0.333. The predicted octanol–water partition coefficient (Wildman–Crippen LogP) is 5.82. The van der Waals surface area contributed by atoms with Gasteiger partial charge in [0.05, 0.1) is 15.9 Å². The Balaban J connectivity index is 1.41. The monoisotopic (exact) mass is 456 g/mol. The summed E-state index contributed by atoms with van der Waals surface area (Å²) in [5, 5.41) is 22.8. The van der Waals surface area contributed by atoms with Gasteiger partial charge >= 0.3 is 5.69 Å². The molecule has 0 amide bonds. The van der Waals surface area contributed by atoms with E-state index in [1.54, 1.807) is 0 Å². The molecule has 3 aliphatic carbocycles. The van der Waals surface area contributed by atoms with E-state index in [0.29, 0.717) is 5.92 Å². The van der Waals surface area contributed by atoms with Gasteiger partial charge in [-0.15, -0.1) is 0 Å². The lowest BCUT2D eigenvalue weighted by molar-refractivity contribution is -0.395.